The molecule has 3 fully saturated rings. The molecule has 0 spiro atoms. The molecule has 3 aliphatic heterocycles. The Bertz CT molecular complexity index is 1020. The third kappa shape index (κ3) is 14.7. The van der Waals surface area contributed by atoms with Crippen molar-refractivity contribution in [2.45, 2.75) is 133 Å². The highest BCUT2D eigenvalue weighted by Crippen LogP contribution is 2.55. The molecule has 0 N–H and O–H groups in total. The topological polar surface area (TPSA) is 87.3 Å². The fourth-order valence-electron chi connectivity index (χ4n) is 6.10. The van der Waals surface area contributed by atoms with E-state index in [2.05, 4.69) is 92.8 Å². The lowest BCUT2D eigenvalue weighted by atomic mass is 10.0. The van der Waals surface area contributed by atoms with Crippen molar-refractivity contribution in [3.63, 3.8) is 0 Å². The largest absolute Gasteiger partial charge is 0.372 e. The van der Waals surface area contributed by atoms with Crippen LogP contribution in [-0.4, -0.2) is 147 Å². The second-order valence-corrected chi connectivity index (χ2v) is 22.9. The zero-order valence-corrected chi connectivity index (χ0v) is 37.5. The zero-order chi connectivity index (χ0) is 38.9. The molecule has 50 heavy (non-hydrogen) atoms. The molecule has 13 heteroatoms. The van der Waals surface area contributed by atoms with Crippen molar-refractivity contribution in [3.8, 4) is 0 Å². The average Bonchev–Trinajstić information content (AvgIpc) is 3.00. The third-order valence-electron chi connectivity index (χ3n) is 9.93. The van der Waals surface area contributed by atoms with Crippen LogP contribution in [0.4, 0.5) is 0 Å². The summed E-state index contributed by atoms with van der Waals surface area (Å²) >= 11 is 0. The van der Waals surface area contributed by atoms with Gasteiger partial charge in [0.2, 0.25) is 7.44 Å². The number of morpholine rings is 3. The molecule has 3 aliphatic rings. The van der Waals surface area contributed by atoms with Crippen LogP contribution in [-0.2, 0) is 27.9 Å². The molecule has 8 atom stereocenters. The first-order valence-electron chi connectivity index (χ1n) is 19.2. The normalized spacial score (nSPS) is 30.1. The van der Waals surface area contributed by atoms with Crippen molar-refractivity contribution >= 4 is 15.1 Å². The molecule has 3 saturated heterocycles. The molecule has 0 aromatic carbocycles. The fourth-order valence-corrected chi connectivity index (χ4v) is 9.64. The Morgan fingerprint density at radius 1 is 0.560 bits per heavy atom. The van der Waals surface area contributed by atoms with Crippen LogP contribution >= 0.6 is 15.1 Å². The molecule has 300 valence electrons. The lowest BCUT2D eigenvalue weighted by Gasteiger charge is -2.45. The number of ether oxygens (including phenoxy) is 3. The van der Waals surface area contributed by atoms with E-state index in [0.717, 1.165) is 26.2 Å². The molecule has 0 saturated carbocycles. The van der Waals surface area contributed by atoms with Crippen molar-refractivity contribution in [1.82, 2.24) is 23.6 Å². The summed E-state index contributed by atoms with van der Waals surface area (Å²) in [6.07, 6.45) is 1.31. The molecule has 0 radical (unpaired) electrons. The van der Waals surface area contributed by atoms with Crippen molar-refractivity contribution in [1.29, 1.82) is 0 Å². The molecule has 0 bridgehead atoms. The SMILES string of the molecule is CC(C)C1CN(P(C)(=O)N(C)C)CC(C(C)C)O1.CC(C)OP(=O)(N(C)C)N1CC(C(C)C)OC(C(C)C)C1.CC1CN(C)CC(C(C)C)O1. The molecular formula is C37H81N5O6P2. The van der Waals surface area contributed by atoms with Gasteiger partial charge in [0.1, 0.15) is 0 Å². The van der Waals surface area contributed by atoms with Crippen LogP contribution in [0.2, 0.25) is 0 Å². The van der Waals surface area contributed by atoms with Crippen molar-refractivity contribution in [3.05, 3.63) is 0 Å². The van der Waals surface area contributed by atoms with Crippen LogP contribution in [0.5, 0.6) is 0 Å². The lowest BCUT2D eigenvalue weighted by molar-refractivity contribution is -0.105. The zero-order valence-electron chi connectivity index (χ0n) is 35.8. The van der Waals surface area contributed by atoms with Gasteiger partial charge in [-0.15, -0.1) is 0 Å². The van der Waals surface area contributed by atoms with Gasteiger partial charge in [-0.25, -0.2) is 18.7 Å². The Kier molecular flexibility index (Phi) is 20.5. The highest BCUT2D eigenvalue weighted by molar-refractivity contribution is 7.58. The van der Waals surface area contributed by atoms with Crippen LogP contribution in [0.15, 0.2) is 0 Å². The van der Waals surface area contributed by atoms with Gasteiger partial charge in [-0.1, -0.05) is 69.2 Å². The Balaban J connectivity index is 0.000000392. The number of likely N-dealkylation sites (N-methyl/N-ethyl adjacent to an activating group) is 1. The highest BCUT2D eigenvalue weighted by Gasteiger charge is 2.43. The first kappa shape index (κ1) is 48.1. The van der Waals surface area contributed by atoms with E-state index in [0.29, 0.717) is 54.9 Å². The van der Waals surface area contributed by atoms with E-state index >= 15 is 0 Å². The summed E-state index contributed by atoms with van der Waals surface area (Å²) in [5, 5.41) is 0. The summed E-state index contributed by atoms with van der Waals surface area (Å²) in [6, 6.07) is 0. The molecule has 0 amide bonds. The van der Waals surface area contributed by atoms with E-state index < -0.39 is 15.1 Å². The maximum atomic E-state index is 13.4. The molecule has 3 rings (SSSR count). The van der Waals surface area contributed by atoms with Crippen molar-refractivity contribution in [2.75, 3.05) is 81.2 Å². The van der Waals surface area contributed by atoms with Gasteiger partial charge in [0.25, 0.3) is 0 Å². The van der Waals surface area contributed by atoms with Gasteiger partial charge in [-0.2, -0.15) is 0 Å². The number of nitrogens with zero attached hydrogens (tertiary/aromatic N) is 5. The number of rotatable bonds is 11. The second kappa shape index (κ2) is 21.3. The second-order valence-electron chi connectivity index (χ2n) is 17.3. The Labute approximate surface area is 309 Å². The van der Waals surface area contributed by atoms with Gasteiger partial charge in [0.15, 0.2) is 0 Å². The van der Waals surface area contributed by atoms with Crippen LogP contribution in [0.25, 0.3) is 0 Å². The standard InChI is InChI=1S/C15H33N2O3P.C13H29N2O2P.C9H19NO/c1-11(2)14-9-17(10-15(19-14)12(3)4)21(18,16(7)8)20-13(5)6;1-10(2)12-8-15(18(7,16)14(5)6)9-13(17-12)11(3)4;1-7(2)9-6-10(4)5-8(3)11-9/h11-15H,9-10H2,1-8H3;10-13H,8-9H2,1-7H3;7-9H,5-6H2,1-4H3. The predicted octanol–water partition coefficient (Wildman–Crippen LogP) is 7.58. The maximum absolute atomic E-state index is 13.4. The number of hydrogen-bond donors (Lipinski definition) is 0. The van der Waals surface area contributed by atoms with Crippen LogP contribution in [0.1, 0.15) is 90.0 Å². The predicted molar refractivity (Wildman–Crippen MR) is 211 cm³/mol. The van der Waals surface area contributed by atoms with Crippen molar-refractivity contribution in [2.24, 2.45) is 29.6 Å². The van der Waals surface area contributed by atoms with Crippen molar-refractivity contribution < 1.29 is 27.9 Å². The molecule has 0 aromatic rings. The first-order chi connectivity index (χ1) is 22.8. The smallest absolute Gasteiger partial charge is 0.345 e. The molecule has 3 heterocycles. The van der Waals surface area contributed by atoms with Gasteiger partial charge in [0, 0.05) is 45.9 Å². The summed E-state index contributed by atoms with van der Waals surface area (Å²) in [6.45, 7) is 34.6. The van der Waals surface area contributed by atoms with Gasteiger partial charge < -0.3 is 23.6 Å². The van der Waals surface area contributed by atoms with E-state index in [1.807, 2.05) is 58.0 Å². The van der Waals surface area contributed by atoms with E-state index in [4.69, 9.17) is 18.7 Å². The molecule has 8 unspecified atom stereocenters. The summed E-state index contributed by atoms with van der Waals surface area (Å²) in [7, 11) is 4.20. The quantitative estimate of drug-likeness (QED) is 0.196. The third-order valence-corrected chi connectivity index (χ3v) is 15.5. The van der Waals surface area contributed by atoms with E-state index in [1.54, 1.807) is 4.67 Å². The van der Waals surface area contributed by atoms with Crippen LogP contribution < -0.4 is 0 Å². The Morgan fingerprint density at radius 3 is 1.18 bits per heavy atom. The van der Waals surface area contributed by atoms with Crippen LogP contribution in [0, 0.1) is 29.6 Å². The molecule has 11 nitrogen and oxygen atoms in total. The van der Waals surface area contributed by atoms with E-state index in [9.17, 15) is 9.13 Å². The molecule has 0 aliphatic carbocycles. The molecule has 0 aromatic heterocycles. The van der Waals surface area contributed by atoms with Crippen LogP contribution in [0.3, 0.4) is 0 Å². The summed E-state index contributed by atoms with van der Waals surface area (Å²) in [5.41, 5.74) is 0. The fraction of sp³-hybridized carbons (Fsp3) is 1.00. The Morgan fingerprint density at radius 2 is 0.900 bits per heavy atom. The minimum Gasteiger partial charge on any atom is -0.372 e. The van der Waals surface area contributed by atoms with Gasteiger partial charge >= 0.3 is 7.67 Å². The van der Waals surface area contributed by atoms with E-state index in [1.165, 1.54) is 0 Å². The monoisotopic (exact) mass is 754 g/mol. The summed E-state index contributed by atoms with van der Waals surface area (Å²) in [5.74, 6) is 2.33. The minimum atomic E-state index is -2.99. The van der Waals surface area contributed by atoms with Gasteiger partial charge in [-0.3, -0.25) is 9.13 Å². The summed E-state index contributed by atoms with van der Waals surface area (Å²) in [4.78, 5) is 2.35. The molecular weight excluding hydrogens is 672 g/mol. The summed E-state index contributed by atoms with van der Waals surface area (Å²) < 4.78 is 57.8. The van der Waals surface area contributed by atoms with E-state index in [-0.39, 0.29) is 30.5 Å². The average molecular weight is 754 g/mol. The highest BCUT2D eigenvalue weighted by atomic mass is 31.2. The Hall–Kier alpha value is 0.100. The minimum absolute atomic E-state index is 0.0731. The number of hydrogen-bond acceptors (Lipinski definition) is 7. The van der Waals surface area contributed by atoms with Gasteiger partial charge in [-0.05, 0) is 85.6 Å². The first-order valence-corrected chi connectivity index (χ1v) is 22.8. The lowest BCUT2D eigenvalue weighted by Crippen LogP contribution is -2.51. The van der Waals surface area contributed by atoms with Gasteiger partial charge in [0.05, 0.1) is 42.7 Å². The maximum Gasteiger partial charge on any atom is 0.345 e.